The molecule has 0 aliphatic heterocycles. The number of thiazole rings is 1. The van der Waals surface area contributed by atoms with Crippen molar-refractivity contribution < 1.29 is 0 Å². The van der Waals surface area contributed by atoms with Crippen LogP contribution in [-0.2, 0) is 0 Å². The van der Waals surface area contributed by atoms with Crippen molar-refractivity contribution in [2.75, 3.05) is 5.32 Å². The Morgan fingerprint density at radius 3 is 2.90 bits per heavy atom. The molecule has 0 aliphatic rings. The van der Waals surface area contributed by atoms with Gasteiger partial charge in [-0.3, -0.25) is 0 Å². The highest BCUT2D eigenvalue weighted by molar-refractivity contribution is 7.80. The second kappa shape index (κ2) is 5.19. The van der Waals surface area contributed by atoms with E-state index in [1.54, 1.807) is 11.3 Å². The van der Waals surface area contributed by atoms with Crippen molar-refractivity contribution in [2.45, 2.75) is 6.92 Å². The maximum Gasteiger partial charge on any atom is 0.106 e. The van der Waals surface area contributed by atoms with E-state index in [9.17, 15) is 0 Å². The average Bonchev–Trinajstić information content (AvgIpc) is 2.85. The fraction of sp³-hybridized carbons (Fsp3) is 0.0667. The van der Waals surface area contributed by atoms with Gasteiger partial charge in [-0.25, -0.2) is 4.98 Å². The van der Waals surface area contributed by atoms with Crippen molar-refractivity contribution in [2.24, 2.45) is 5.73 Å². The summed E-state index contributed by atoms with van der Waals surface area (Å²) in [5, 5.41) is 3.39. The summed E-state index contributed by atoms with van der Waals surface area (Å²) >= 11 is 6.73. The van der Waals surface area contributed by atoms with Crippen LogP contribution in [-0.4, -0.2) is 9.97 Å². The third-order valence-electron chi connectivity index (χ3n) is 3.05. The molecule has 0 unspecified atom stereocenters. The van der Waals surface area contributed by atoms with Crippen molar-refractivity contribution in [1.82, 2.24) is 4.98 Å². The largest absolute Gasteiger partial charge is 0.389 e. The third kappa shape index (κ3) is 2.50. The van der Waals surface area contributed by atoms with Gasteiger partial charge in [-0.15, -0.1) is 11.3 Å². The van der Waals surface area contributed by atoms with E-state index in [0.717, 1.165) is 32.7 Å². The van der Waals surface area contributed by atoms with Crippen molar-refractivity contribution in [3.63, 3.8) is 0 Å². The standard InChI is InChI=1S/C15H13N3S2/c1-9-2-4-11(15(16)19)13(6-9)18-10-3-5-12-14(7-10)20-8-17-12/h2-8,18H,1H3,(H2,16,19). The lowest BCUT2D eigenvalue weighted by Crippen LogP contribution is -2.12. The van der Waals surface area contributed by atoms with E-state index in [4.69, 9.17) is 18.0 Å². The second-order valence-electron chi connectivity index (χ2n) is 4.57. The molecule has 2 aromatic carbocycles. The van der Waals surface area contributed by atoms with E-state index in [-0.39, 0.29) is 0 Å². The molecule has 1 aromatic heterocycles. The Labute approximate surface area is 126 Å². The van der Waals surface area contributed by atoms with Crippen LogP contribution < -0.4 is 11.1 Å². The maximum absolute atomic E-state index is 5.78. The summed E-state index contributed by atoms with van der Waals surface area (Å²) in [6.45, 7) is 2.04. The summed E-state index contributed by atoms with van der Waals surface area (Å²) in [6, 6.07) is 12.1. The molecular weight excluding hydrogens is 286 g/mol. The highest BCUT2D eigenvalue weighted by Crippen LogP contribution is 2.26. The van der Waals surface area contributed by atoms with Gasteiger partial charge in [-0.05, 0) is 42.8 Å². The topological polar surface area (TPSA) is 50.9 Å². The Hall–Kier alpha value is -1.98. The van der Waals surface area contributed by atoms with E-state index < -0.39 is 0 Å². The predicted octanol–water partition coefficient (Wildman–Crippen LogP) is 3.98. The fourth-order valence-electron chi connectivity index (χ4n) is 2.06. The smallest absolute Gasteiger partial charge is 0.106 e. The lowest BCUT2D eigenvalue weighted by atomic mass is 10.1. The molecule has 100 valence electrons. The summed E-state index contributed by atoms with van der Waals surface area (Å²) in [5.74, 6) is 0. The Morgan fingerprint density at radius 2 is 2.10 bits per heavy atom. The van der Waals surface area contributed by atoms with E-state index in [1.165, 1.54) is 0 Å². The van der Waals surface area contributed by atoms with Crippen LogP contribution in [0.5, 0.6) is 0 Å². The van der Waals surface area contributed by atoms with Crippen LogP contribution in [0.2, 0.25) is 0 Å². The highest BCUT2D eigenvalue weighted by Gasteiger charge is 2.07. The normalized spacial score (nSPS) is 10.7. The lowest BCUT2D eigenvalue weighted by molar-refractivity contribution is 1.43. The minimum absolute atomic E-state index is 0.395. The van der Waals surface area contributed by atoms with Gasteiger partial charge in [0.1, 0.15) is 4.99 Å². The van der Waals surface area contributed by atoms with Crippen LogP contribution in [0.4, 0.5) is 11.4 Å². The molecule has 0 atom stereocenters. The zero-order valence-corrected chi connectivity index (χ0v) is 12.5. The van der Waals surface area contributed by atoms with Gasteiger partial charge in [0.2, 0.25) is 0 Å². The number of aromatic nitrogens is 1. The van der Waals surface area contributed by atoms with E-state index in [1.807, 2.05) is 42.8 Å². The molecule has 3 aromatic rings. The van der Waals surface area contributed by atoms with Crippen LogP contribution >= 0.6 is 23.6 Å². The molecule has 0 saturated carbocycles. The lowest BCUT2D eigenvalue weighted by Gasteiger charge is -2.12. The summed E-state index contributed by atoms with van der Waals surface area (Å²) in [4.78, 5) is 4.67. The number of nitrogens with zero attached hydrogens (tertiary/aromatic N) is 1. The number of nitrogens with two attached hydrogens (primary N) is 1. The van der Waals surface area contributed by atoms with E-state index in [0.29, 0.717) is 4.99 Å². The molecule has 20 heavy (non-hydrogen) atoms. The molecule has 3 nitrogen and oxygen atoms in total. The van der Waals surface area contributed by atoms with Crippen molar-refractivity contribution in [1.29, 1.82) is 0 Å². The molecular formula is C15H13N3S2. The van der Waals surface area contributed by atoms with E-state index in [2.05, 4.69) is 16.4 Å². The highest BCUT2D eigenvalue weighted by atomic mass is 32.1. The summed E-state index contributed by atoms with van der Waals surface area (Å²) < 4.78 is 1.15. The van der Waals surface area contributed by atoms with Gasteiger partial charge in [-0.2, -0.15) is 0 Å². The van der Waals surface area contributed by atoms with Crippen LogP contribution in [0.15, 0.2) is 41.9 Å². The molecule has 0 radical (unpaired) electrons. The third-order valence-corrected chi connectivity index (χ3v) is 4.06. The number of anilines is 2. The van der Waals surface area contributed by atoms with Crippen molar-refractivity contribution in [3.05, 3.63) is 53.0 Å². The van der Waals surface area contributed by atoms with Crippen LogP contribution in [0.25, 0.3) is 10.2 Å². The van der Waals surface area contributed by atoms with Crippen LogP contribution in [0, 0.1) is 6.92 Å². The van der Waals surface area contributed by atoms with Crippen LogP contribution in [0.1, 0.15) is 11.1 Å². The second-order valence-corrected chi connectivity index (χ2v) is 5.90. The van der Waals surface area contributed by atoms with Gasteiger partial charge >= 0.3 is 0 Å². The van der Waals surface area contributed by atoms with Gasteiger partial charge < -0.3 is 11.1 Å². The average molecular weight is 299 g/mol. The molecule has 5 heteroatoms. The van der Waals surface area contributed by atoms with E-state index >= 15 is 0 Å². The minimum Gasteiger partial charge on any atom is -0.389 e. The fourth-order valence-corrected chi connectivity index (χ4v) is 2.96. The number of nitrogens with one attached hydrogen (secondary N) is 1. The molecule has 1 heterocycles. The van der Waals surface area contributed by atoms with Gasteiger partial charge in [0, 0.05) is 16.9 Å². The quantitative estimate of drug-likeness (QED) is 0.718. The first-order chi connectivity index (χ1) is 9.63. The van der Waals surface area contributed by atoms with Gasteiger partial charge in [-0.1, -0.05) is 18.3 Å². The first-order valence-corrected chi connectivity index (χ1v) is 7.43. The number of aryl methyl sites for hydroxylation is 1. The SMILES string of the molecule is Cc1ccc(C(N)=S)c(Nc2ccc3ncsc3c2)c1. The molecule has 0 bridgehead atoms. The Balaban J connectivity index is 2.01. The monoisotopic (exact) mass is 299 g/mol. The molecule has 0 saturated heterocycles. The molecule has 3 N–H and O–H groups in total. The molecule has 0 aliphatic carbocycles. The molecule has 0 spiro atoms. The number of fused-ring (bicyclic) bond motifs is 1. The Bertz CT molecular complexity index is 793. The minimum atomic E-state index is 0.395. The summed E-state index contributed by atoms with van der Waals surface area (Å²) in [5.41, 5.74) is 12.6. The zero-order chi connectivity index (χ0) is 14.1. The summed E-state index contributed by atoms with van der Waals surface area (Å²) in [7, 11) is 0. The van der Waals surface area contributed by atoms with Gasteiger partial charge in [0.25, 0.3) is 0 Å². The first-order valence-electron chi connectivity index (χ1n) is 6.14. The van der Waals surface area contributed by atoms with Gasteiger partial charge in [0.15, 0.2) is 0 Å². The molecule has 0 amide bonds. The Morgan fingerprint density at radius 1 is 1.25 bits per heavy atom. The molecule has 0 fully saturated rings. The zero-order valence-electron chi connectivity index (χ0n) is 10.9. The first kappa shape index (κ1) is 13.0. The van der Waals surface area contributed by atoms with Crippen molar-refractivity contribution in [3.8, 4) is 0 Å². The van der Waals surface area contributed by atoms with Crippen LogP contribution in [0.3, 0.4) is 0 Å². The molecule has 3 rings (SSSR count). The number of thiocarbonyl (C=S) groups is 1. The predicted molar refractivity (Wildman–Crippen MR) is 90.0 cm³/mol. The van der Waals surface area contributed by atoms with Crippen molar-refractivity contribution >= 4 is 50.1 Å². The Kier molecular flexibility index (Phi) is 3.38. The number of hydrogen-bond donors (Lipinski definition) is 2. The number of rotatable bonds is 3. The number of hydrogen-bond acceptors (Lipinski definition) is 4. The maximum atomic E-state index is 5.78. The summed E-state index contributed by atoms with van der Waals surface area (Å²) in [6.07, 6.45) is 0. The number of benzene rings is 2. The van der Waals surface area contributed by atoms with Gasteiger partial charge in [0.05, 0.1) is 15.7 Å².